The molecule has 1 rings (SSSR count). The van der Waals surface area contributed by atoms with Gasteiger partial charge in [-0.1, -0.05) is 24.4 Å². The van der Waals surface area contributed by atoms with E-state index in [0.29, 0.717) is 6.54 Å². The van der Waals surface area contributed by atoms with Crippen molar-refractivity contribution in [2.45, 2.75) is 13.0 Å². The van der Waals surface area contributed by atoms with Crippen LogP contribution in [0, 0.1) is 0 Å². The summed E-state index contributed by atoms with van der Waals surface area (Å²) in [6, 6.07) is 7.48. The summed E-state index contributed by atoms with van der Waals surface area (Å²) in [6.07, 6.45) is 0.0826. The summed E-state index contributed by atoms with van der Waals surface area (Å²) >= 11 is 4.64. The number of benzene rings is 1. The van der Waals surface area contributed by atoms with Gasteiger partial charge in [-0.25, -0.2) is 0 Å². The topological polar surface area (TPSA) is 64.3 Å². The standard InChI is InChI=1S/C11H14N2O2S/c1-15-9-4-2-3-8(5-9)7-13-11(14)6-10(12)16/h2-5H,6-7H2,1H3,(H2,12,16)(H,13,14). The van der Waals surface area contributed by atoms with Crippen LogP contribution in [-0.4, -0.2) is 18.0 Å². The fraction of sp³-hybridized carbons (Fsp3) is 0.273. The fourth-order valence-electron chi connectivity index (χ4n) is 1.20. The van der Waals surface area contributed by atoms with E-state index in [9.17, 15) is 4.79 Å². The lowest BCUT2D eigenvalue weighted by Gasteiger charge is -2.06. The van der Waals surface area contributed by atoms with Crippen LogP contribution in [0.25, 0.3) is 0 Å². The predicted octanol–water partition coefficient (Wildman–Crippen LogP) is 0.988. The summed E-state index contributed by atoms with van der Waals surface area (Å²) in [6.45, 7) is 0.443. The van der Waals surface area contributed by atoms with E-state index in [-0.39, 0.29) is 17.3 Å². The first-order valence-electron chi connectivity index (χ1n) is 4.79. The molecule has 4 nitrogen and oxygen atoms in total. The molecule has 0 atom stereocenters. The van der Waals surface area contributed by atoms with Crippen molar-refractivity contribution in [1.29, 1.82) is 0 Å². The molecular weight excluding hydrogens is 224 g/mol. The molecule has 0 aliphatic rings. The van der Waals surface area contributed by atoms with Gasteiger partial charge in [-0.3, -0.25) is 4.79 Å². The molecule has 1 aromatic rings. The largest absolute Gasteiger partial charge is 0.497 e. The number of nitrogens with two attached hydrogens (primary N) is 1. The van der Waals surface area contributed by atoms with Crippen LogP contribution in [0.2, 0.25) is 0 Å². The molecule has 0 unspecified atom stereocenters. The SMILES string of the molecule is COc1cccc(CNC(=O)CC(N)=S)c1. The van der Waals surface area contributed by atoms with Crippen LogP contribution in [-0.2, 0) is 11.3 Å². The summed E-state index contributed by atoms with van der Waals surface area (Å²) in [4.78, 5) is 11.5. The Morgan fingerprint density at radius 1 is 1.56 bits per heavy atom. The molecule has 16 heavy (non-hydrogen) atoms. The third kappa shape index (κ3) is 4.27. The van der Waals surface area contributed by atoms with Gasteiger partial charge in [0.05, 0.1) is 18.5 Å². The van der Waals surface area contributed by atoms with Crippen LogP contribution >= 0.6 is 12.2 Å². The number of hydrogen-bond acceptors (Lipinski definition) is 3. The minimum atomic E-state index is -0.171. The van der Waals surface area contributed by atoms with E-state index >= 15 is 0 Å². The minimum absolute atomic E-state index is 0.0826. The first-order valence-corrected chi connectivity index (χ1v) is 5.20. The summed E-state index contributed by atoms with van der Waals surface area (Å²) < 4.78 is 5.07. The summed E-state index contributed by atoms with van der Waals surface area (Å²) in [5.41, 5.74) is 6.23. The molecule has 0 radical (unpaired) electrons. The molecule has 0 spiro atoms. The van der Waals surface area contributed by atoms with E-state index in [1.807, 2.05) is 24.3 Å². The van der Waals surface area contributed by atoms with Gasteiger partial charge < -0.3 is 15.8 Å². The van der Waals surface area contributed by atoms with E-state index in [1.54, 1.807) is 7.11 Å². The van der Waals surface area contributed by atoms with E-state index in [1.165, 1.54) is 0 Å². The highest BCUT2D eigenvalue weighted by atomic mass is 32.1. The Bertz CT molecular complexity index is 393. The third-order valence-electron chi connectivity index (χ3n) is 1.96. The zero-order chi connectivity index (χ0) is 12.0. The van der Waals surface area contributed by atoms with Crippen molar-refractivity contribution in [3.8, 4) is 5.75 Å². The second kappa shape index (κ2) is 6.07. The monoisotopic (exact) mass is 238 g/mol. The smallest absolute Gasteiger partial charge is 0.227 e. The molecule has 0 fully saturated rings. The lowest BCUT2D eigenvalue weighted by Crippen LogP contribution is -2.27. The number of hydrogen-bond donors (Lipinski definition) is 2. The maximum atomic E-state index is 11.3. The van der Waals surface area contributed by atoms with Gasteiger partial charge in [0.25, 0.3) is 0 Å². The zero-order valence-corrected chi connectivity index (χ0v) is 9.84. The average Bonchev–Trinajstić information content (AvgIpc) is 2.26. The number of nitrogens with one attached hydrogen (secondary N) is 1. The summed E-state index contributed by atoms with van der Waals surface area (Å²) in [5, 5.41) is 2.72. The first kappa shape index (κ1) is 12.4. The number of carbonyl (C=O) groups is 1. The molecule has 1 aromatic carbocycles. The zero-order valence-electron chi connectivity index (χ0n) is 9.03. The van der Waals surface area contributed by atoms with Crippen LogP contribution in [0.5, 0.6) is 5.75 Å². The number of carbonyl (C=O) groups excluding carboxylic acids is 1. The van der Waals surface area contributed by atoms with Gasteiger partial charge in [-0.05, 0) is 17.7 Å². The Hall–Kier alpha value is -1.62. The third-order valence-corrected chi connectivity index (χ3v) is 2.10. The van der Waals surface area contributed by atoms with Crippen LogP contribution in [0.1, 0.15) is 12.0 Å². The van der Waals surface area contributed by atoms with Gasteiger partial charge in [-0.15, -0.1) is 0 Å². The molecule has 86 valence electrons. The van der Waals surface area contributed by atoms with Crippen molar-refractivity contribution in [3.05, 3.63) is 29.8 Å². The number of rotatable bonds is 5. The summed E-state index contributed by atoms with van der Waals surface area (Å²) in [5.74, 6) is 0.594. The molecule has 0 saturated heterocycles. The van der Waals surface area contributed by atoms with Crippen LogP contribution < -0.4 is 15.8 Å². The molecule has 5 heteroatoms. The molecular formula is C11H14N2O2S. The predicted molar refractivity (Wildman–Crippen MR) is 66.2 cm³/mol. The Labute approximate surface area is 99.8 Å². The van der Waals surface area contributed by atoms with E-state index < -0.39 is 0 Å². The maximum Gasteiger partial charge on any atom is 0.227 e. The Balaban J connectivity index is 2.47. The van der Waals surface area contributed by atoms with Crippen molar-refractivity contribution < 1.29 is 9.53 Å². The number of thiocarbonyl (C=S) groups is 1. The molecule has 0 saturated carbocycles. The highest BCUT2D eigenvalue weighted by Crippen LogP contribution is 2.11. The normalized spacial score (nSPS) is 9.56. The molecule has 0 aromatic heterocycles. The second-order valence-corrected chi connectivity index (χ2v) is 3.80. The Morgan fingerprint density at radius 2 is 2.31 bits per heavy atom. The van der Waals surface area contributed by atoms with Gasteiger partial charge in [0.2, 0.25) is 5.91 Å². The number of amides is 1. The first-order chi connectivity index (χ1) is 7.61. The van der Waals surface area contributed by atoms with Crippen LogP contribution in [0.3, 0.4) is 0 Å². The van der Waals surface area contributed by atoms with E-state index in [4.69, 9.17) is 10.5 Å². The Kier molecular flexibility index (Phi) is 4.72. The second-order valence-electron chi connectivity index (χ2n) is 3.27. The van der Waals surface area contributed by atoms with Crippen molar-refractivity contribution in [3.63, 3.8) is 0 Å². The van der Waals surface area contributed by atoms with Gasteiger partial charge in [-0.2, -0.15) is 0 Å². The highest BCUT2D eigenvalue weighted by Gasteiger charge is 2.03. The van der Waals surface area contributed by atoms with Crippen molar-refractivity contribution in [2.24, 2.45) is 5.73 Å². The summed E-state index contributed by atoms with van der Waals surface area (Å²) in [7, 11) is 1.60. The minimum Gasteiger partial charge on any atom is -0.497 e. The van der Waals surface area contributed by atoms with Crippen LogP contribution in [0.15, 0.2) is 24.3 Å². The van der Waals surface area contributed by atoms with Crippen LogP contribution in [0.4, 0.5) is 0 Å². The lowest BCUT2D eigenvalue weighted by molar-refractivity contribution is -0.120. The van der Waals surface area contributed by atoms with Gasteiger partial charge in [0, 0.05) is 6.54 Å². The number of ether oxygens (including phenoxy) is 1. The molecule has 3 N–H and O–H groups in total. The molecule has 0 bridgehead atoms. The van der Waals surface area contributed by atoms with Crippen molar-refractivity contribution >= 4 is 23.1 Å². The average molecular weight is 238 g/mol. The fourth-order valence-corrected chi connectivity index (χ4v) is 1.33. The Morgan fingerprint density at radius 3 is 2.94 bits per heavy atom. The molecule has 0 aliphatic heterocycles. The highest BCUT2D eigenvalue weighted by molar-refractivity contribution is 7.80. The quantitative estimate of drug-likeness (QED) is 0.751. The molecule has 0 heterocycles. The molecule has 0 aliphatic carbocycles. The van der Waals surface area contributed by atoms with Crippen molar-refractivity contribution in [2.75, 3.05) is 7.11 Å². The maximum absolute atomic E-state index is 11.3. The van der Waals surface area contributed by atoms with Gasteiger partial charge in [0.1, 0.15) is 5.75 Å². The van der Waals surface area contributed by atoms with E-state index in [0.717, 1.165) is 11.3 Å². The van der Waals surface area contributed by atoms with E-state index in [2.05, 4.69) is 17.5 Å². The number of methoxy groups -OCH3 is 1. The van der Waals surface area contributed by atoms with Gasteiger partial charge in [0.15, 0.2) is 0 Å². The van der Waals surface area contributed by atoms with Crippen molar-refractivity contribution in [1.82, 2.24) is 5.32 Å². The van der Waals surface area contributed by atoms with Gasteiger partial charge >= 0.3 is 0 Å². The lowest BCUT2D eigenvalue weighted by atomic mass is 10.2. The molecule has 1 amide bonds.